The first-order valence-corrected chi connectivity index (χ1v) is 9.53. The Kier molecular flexibility index (Phi) is 12.9. The number of rotatable bonds is 16. The van der Waals surface area contributed by atoms with E-state index in [2.05, 4.69) is 0 Å². The number of hydrogen-bond acceptors (Lipinski definition) is 6. The van der Waals surface area contributed by atoms with Crippen LogP contribution >= 0.6 is 0 Å². The number of carboxylic acid groups (broad SMARTS) is 2. The number of esters is 2. The molecule has 2 N–H and O–H groups in total. The van der Waals surface area contributed by atoms with Gasteiger partial charge in [-0.1, -0.05) is 46.0 Å². The van der Waals surface area contributed by atoms with Gasteiger partial charge in [0.1, 0.15) is 18.6 Å². The molecule has 0 heterocycles. The van der Waals surface area contributed by atoms with Crippen LogP contribution in [0.25, 0.3) is 0 Å². The van der Waals surface area contributed by atoms with E-state index in [1.807, 2.05) is 0 Å². The van der Waals surface area contributed by atoms with E-state index in [1.165, 1.54) is 0 Å². The van der Waals surface area contributed by atoms with Crippen molar-refractivity contribution in [1.82, 2.24) is 0 Å². The van der Waals surface area contributed by atoms with E-state index in [9.17, 15) is 24.3 Å². The summed E-state index contributed by atoms with van der Waals surface area (Å²) in [7, 11) is 0. The number of carbonyl (C=O) groups excluding carboxylic acids is 2. The Morgan fingerprint density at radius 3 is 1.59 bits per heavy atom. The van der Waals surface area contributed by atoms with Gasteiger partial charge in [-0.05, 0) is 12.8 Å². The number of unbranched alkanes of at least 4 members (excludes halogenated alkanes) is 5. The standard InChI is InChI=1S/C19H32O8/c1-3-16(22)26-13-19(18(24)25,14-27-17(23)4-2)12-10-8-6-5-7-9-11-15(20)21/h3-14H2,1-2H3,(H,20,21)(H,24,25). The summed E-state index contributed by atoms with van der Waals surface area (Å²) in [5.41, 5.74) is -1.45. The summed E-state index contributed by atoms with van der Waals surface area (Å²) in [6.45, 7) is 2.58. The average Bonchev–Trinajstić information content (AvgIpc) is 2.64. The first-order valence-electron chi connectivity index (χ1n) is 9.53. The Morgan fingerprint density at radius 1 is 0.741 bits per heavy atom. The zero-order valence-electron chi connectivity index (χ0n) is 16.3. The van der Waals surface area contributed by atoms with Gasteiger partial charge in [0.2, 0.25) is 0 Å². The zero-order valence-corrected chi connectivity index (χ0v) is 16.3. The third-order valence-corrected chi connectivity index (χ3v) is 4.35. The van der Waals surface area contributed by atoms with Crippen LogP contribution in [0.3, 0.4) is 0 Å². The molecule has 0 fully saturated rings. The van der Waals surface area contributed by atoms with Crippen LogP contribution in [0.5, 0.6) is 0 Å². The molecule has 0 bridgehead atoms. The minimum absolute atomic E-state index is 0.140. The third-order valence-electron chi connectivity index (χ3n) is 4.35. The van der Waals surface area contributed by atoms with Crippen LogP contribution in [-0.2, 0) is 28.7 Å². The quantitative estimate of drug-likeness (QED) is 0.305. The molecule has 0 aromatic heterocycles. The minimum atomic E-state index is -1.45. The molecule has 0 atom stereocenters. The first-order chi connectivity index (χ1) is 12.8. The van der Waals surface area contributed by atoms with Crippen molar-refractivity contribution in [3.63, 3.8) is 0 Å². The fraction of sp³-hybridized carbons (Fsp3) is 0.789. The van der Waals surface area contributed by atoms with E-state index >= 15 is 0 Å². The molecule has 8 nitrogen and oxygen atoms in total. The summed E-state index contributed by atoms with van der Waals surface area (Å²) < 4.78 is 10.1. The Balaban J connectivity index is 4.57. The molecule has 0 amide bonds. The predicted octanol–water partition coefficient (Wildman–Crippen LogP) is 3.17. The maximum absolute atomic E-state index is 11.9. The smallest absolute Gasteiger partial charge is 0.316 e. The van der Waals surface area contributed by atoms with E-state index < -0.39 is 29.3 Å². The van der Waals surface area contributed by atoms with E-state index in [1.54, 1.807) is 13.8 Å². The molecule has 0 saturated heterocycles. The molecule has 0 saturated carbocycles. The van der Waals surface area contributed by atoms with Crippen molar-refractivity contribution in [2.45, 2.75) is 78.1 Å². The van der Waals surface area contributed by atoms with Gasteiger partial charge < -0.3 is 19.7 Å². The Morgan fingerprint density at radius 2 is 1.19 bits per heavy atom. The molecule has 0 unspecified atom stereocenters. The second-order valence-electron chi connectivity index (χ2n) is 6.63. The van der Waals surface area contributed by atoms with Gasteiger partial charge in [0.25, 0.3) is 0 Å². The lowest BCUT2D eigenvalue weighted by Gasteiger charge is -2.28. The lowest BCUT2D eigenvalue weighted by Crippen LogP contribution is -2.41. The van der Waals surface area contributed by atoms with Crippen LogP contribution in [0, 0.1) is 5.41 Å². The maximum Gasteiger partial charge on any atom is 0.316 e. The first kappa shape index (κ1) is 24.9. The van der Waals surface area contributed by atoms with E-state index in [0.717, 1.165) is 25.7 Å². The molecule has 0 spiro atoms. The van der Waals surface area contributed by atoms with Crippen molar-refractivity contribution in [3.8, 4) is 0 Å². The van der Waals surface area contributed by atoms with E-state index in [4.69, 9.17) is 14.6 Å². The SMILES string of the molecule is CCC(=O)OCC(CCCCCCCCC(=O)O)(COC(=O)CC)C(=O)O. The fourth-order valence-electron chi connectivity index (χ4n) is 2.50. The molecule has 0 aromatic carbocycles. The third kappa shape index (κ3) is 11.2. The largest absolute Gasteiger partial charge is 0.481 e. The number of ether oxygens (including phenoxy) is 2. The van der Waals surface area contributed by atoms with Crippen LogP contribution in [0.4, 0.5) is 0 Å². The fourth-order valence-corrected chi connectivity index (χ4v) is 2.50. The predicted molar refractivity (Wildman–Crippen MR) is 97.1 cm³/mol. The monoisotopic (exact) mass is 388 g/mol. The lowest BCUT2D eigenvalue weighted by molar-refractivity contribution is -0.168. The van der Waals surface area contributed by atoms with E-state index in [-0.39, 0.29) is 38.9 Å². The molecule has 0 radical (unpaired) electrons. The van der Waals surface area contributed by atoms with Gasteiger partial charge in [-0.2, -0.15) is 0 Å². The van der Waals surface area contributed by atoms with Crippen LogP contribution in [0.15, 0.2) is 0 Å². The number of hydrogen-bond donors (Lipinski definition) is 2. The number of carboxylic acids is 2. The zero-order chi connectivity index (χ0) is 20.7. The molecular weight excluding hydrogens is 356 g/mol. The molecule has 0 aliphatic rings. The number of carbonyl (C=O) groups is 4. The van der Waals surface area contributed by atoms with Gasteiger partial charge >= 0.3 is 23.9 Å². The van der Waals surface area contributed by atoms with Crippen LogP contribution in [0.2, 0.25) is 0 Å². The molecule has 0 aromatic rings. The molecule has 27 heavy (non-hydrogen) atoms. The molecule has 0 aliphatic carbocycles. The van der Waals surface area contributed by atoms with E-state index in [0.29, 0.717) is 12.8 Å². The van der Waals surface area contributed by atoms with Gasteiger partial charge in [0.15, 0.2) is 0 Å². The second-order valence-corrected chi connectivity index (χ2v) is 6.63. The van der Waals surface area contributed by atoms with Crippen molar-refractivity contribution in [1.29, 1.82) is 0 Å². The normalized spacial score (nSPS) is 11.0. The van der Waals surface area contributed by atoms with Gasteiger partial charge in [0.05, 0.1) is 0 Å². The van der Waals surface area contributed by atoms with Crippen molar-refractivity contribution in [3.05, 3.63) is 0 Å². The van der Waals surface area contributed by atoms with Crippen molar-refractivity contribution < 1.29 is 38.9 Å². The molecular formula is C19H32O8. The average molecular weight is 388 g/mol. The van der Waals surface area contributed by atoms with Crippen LogP contribution in [-0.4, -0.2) is 47.3 Å². The van der Waals surface area contributed by atoms with Gasteiger partial charge in [-0.3, -0.25) is 19.2 Å². The summed E-state index contributed by atoms with van der Waals surface area (Å²) in [6, 6.07) is 0. The highest BCUT2D eigenvalue weighted by Gasteiger charge is 2.41. The van der Waals surface area contributed by atoms with Gasteiger partial charge in [-0.15, -0.1) is 0 Å². The highest BCUT2D eigenvalue weighted by molar-refractivity contribution is 5.77. The van der Waals surface area contributed by atoms with Gasteiger partial charge in [-0.25, -0.2) is 0 Å². The van der Waals surface area contributed by atoms with Crippen LogP contribution < -0.4 is 0 Å². The lowest BCUT2D eigenvalue weighted by atomic mass is 9.84. The Labute approximate surface area is 160 Å². The number of aliphatic carboxylic acids is 2. The second kappa shape index (κ2) is 14.0. The Bertz CT molecular complexity index is 466. The maximum atomic E-state index is 11.9. The molecule has 156 valence electrons. The van der Waals surface area contributed by atoms with Crippen LogP contribution in [0.1, 0.15) is 78.1 Å². The van der Waals surface area contributed by atoms with Crippen molar-refractivity contribution in [2.75, 3.05) is 13.2 Å². The summed E-state index contributed by atoms with van der Waals surface area (Å²) in [4.78, 5) is 45.2. The van der Waals surface area contributed by atoms with Gasteiger partial charge in [0, 0.05) is 19.3 Å². The molecule has 0 rings (SSSR count). The topological polar surface area (TPSA) is 127 Å². The Hall–Kier alpha value is -2.12. The summed E-state index contributed by atoms with van der Waals surface area (Å²) in [5, 5.41) is 18.3. The summed E-state index contributed by atoms with van der Waals surface area (Å²) >= 11 is 0. The summed E-state index contributed by atoms with van der Waals surface area (Å²) in [5.74, 6) is -2.96. The summed E-state index contributed by atoms with van der Waals surface area (Å²) in [6.07, 6.45) is 5.21. The van der Waals surface area contributed by atoms with Crippen molar-refractivity contribution >= 4 is 23.9 Å². The highest BCUT2D eigenvalue weighted by atomic mass is 16.6. The van der Waals surface area contributed by atoms with Crippen molar-refractivity contribution in [2.24, 2.45) is 5.41 Å². The highest BCUT2D eigenvalue weighted by Crippen LogP contribution is 2.28. The molecule has 8 heteroatoms. The minimum Gasteiger partial charge on any atom is -0.481 e. The molecule has 0 aliphatic heterocycles.